The van der Waals surface area contributed by atoms with Gasteiger partial charge >= 0.3 is 5.97 Å². The summed E-state index contributed by atoms with van der Waals surface area (Å²) in [4.78, 5) is 13.8. The molecular formula is C25H29NO3. The Labute approximate surface area is 172 Å². The largest absolute Gasteiger partial charge is 0.507 e. The zero-order valence-electron chi connectivity index (χ0n) is 17.8. The Bertz CT molecular complexity index is 994. The highest BCUT2D eigenvalue weighted by molar-refractivity contribution is 5.93. The van der Waals surface area contributed by atoms with Gasteiger partial charge in [-0.2, -0.15) is 0 Å². The molecule has 2 aromatic rings. The van der Waals surface area contributed by atoms with Crippen molar-refractivity contribution in [3.05, 3.63) is 76.9 Å². The summed E-state index contributed by atoms with van der Waals surface area (Å²) < 4.78 is 0. The SMILES string of the molecule is C=C(/C=C1/c2cc(O)c(C(=O)O)cc2[C@H](C(C)(C)C)CN1C)c1ccc(C)cc1. The summed E-state index contributed by atoms with van der Waals surface area (Å²) in [6, 6.07) is 11.4. The summed E-state index contributed by atoms with van der Waals surface area (Å²) in [7, 11) is 2.03. The van der Waals surface area contributed by atoms with Crippen LogP contribution in [0.4, 0.5) is 0 Å². The number of benzene rings is 2. The third-order valence-electron chi connectivity index (χ3n) is 5.70. The van der Waals surface area contributed by atoms with E-state index < -0.39 is 5.97 Å². The molecule has 1 heterocycles. The van der Waals surface area contributed by atoms with Gasteiger partial charge in [0, 0.05) is 30.8 Å². The van der Waals surface area contributed by atoms with Crippen molar-refractivity contribution in [2.24, 2.45) is 5.41 Å². The predicted molar refractivity (Wildman–Crippen MR) is 118 cm³/mol. The van der Waals surface area contributed by atoms with E-state index in [-0.39, 0.29) is 22.6 Å². The van der Waals surface area contributed by atoms with Crippen molar-refractivity contribution in [2.45, 2.75) is 33.6 Å². The van der Waals surface area contributed by atoms with Gasteiger partial charge in [0.2, 0.25) is 0 Å². The number of likely N-dealkylation sites (N-methyl/N-ethyl adjacent to an activating group) is 1. The molecule has 0 amide bonds. The van der Waals surface area contributed by atoms with E-state index in [1.165, 1.54) is 5.56 Å². The molecule has 2 N–H and O–H groups in total. The van der Waals surface area contributed by atoms with Crippen LogP contribution in [0, 0.1) is 12.3 Å². The molecule has 1 atom stereocenters. The summed E-state index contributed by atoms with van der Waals surface area (Å²) in [6.07, 6.45) is 2.02. The van der Waals surface area contributed by atoms with E-state index in [9.17, 15) is 15.0 Å². The summed E-state index contributed by atoms with van der Waals surface area (Å²) in [5.41, 5.74) is 5.71. The number of hydrogen-bond donors (Lipinski definition) is 2. The van der Waals surface area contributed by atoms with Crippen LogP contribution in [-0.4, -0.2) is 34.7 Å². The number of nitrogens with zero attached hydrogens (tertiary/aromatic N) is 1. The van der Waals surface area contributed by atoms with Gasteiger partial charge in [0.15, 0.2) is 0 Å². The Balaban J connectivity index is 2.17. The lowest BCUT2D eigenvalue weighted by Crippen LogP contribution is -2.36. The van der Waals surface area contributed by atoms with Crippen molar-refractivity contribution in [1.82, 2.24) is 4.90 Å². The number of aromatic carboxylic acids is 1. The molecule has 0 aliphatic carbocycles. The van der Waals surface area contributed by atoms with E-state index in [4.69, 9.17) is 0 Å². The Hall–Kier alpha value is -3.01. The van der Waals surface area contributed by atoms with E-state index in [1.54, 1.807) is 12.1 Å². The van der Waals surface area contributed by atoms with E-state index in [2.05, 4.69) is 44.4 Å². The molecule has 1 aliphatic heterocycles. The van der Waals surface area contributed by atoms with Gasteiger partial charge in [-0.1, -0.05) is 57.2 Å². The average molecular weight is 392 g/mol. The number of carbonyl (C=O) groups is 1. The Morgan fingerprint density at radius 2 is 1.83 bits per heavy atom. The van der Waals surface area contributed by atoms with Crippen molar-refractivity contribution < 1.29 is 15.0 Å². The molecule has 4 heteroatoms. The fraction of sp³-hybridized carbons (Fsp3) is 0.320. The third kappa shape index (κ3) is 4.07. The molecule has 3 rings (SSSR count). The molecule has 0 radical (unpaired) electrons. The number of hydrogen-bond acceptors (Lipinski definition) is 3. The first kappa shape index (κ1) is 20.7. The summed E-state index contributed by atoms with van der Waals surface area (Å²) in [6.45, 7) is 13.5. The minimum absolute atomic E-state index is 0.0562. The second kappa shape index (κ2) is 7.43. The number of phenols is 1. The maximum atomic E-state index is 11.6. The van der Waals surface area contributed by atoms with Gasteiger partial charge in [0.05, 0.1) is 0 Å². The second-order valence-corrected chi connectivity index (χ2v) is 8.98. The van der Waals surface area contributed by atoms with Crippen LogP contribution in [0.3, 0.4) is 0 Å². The van der Waals surface area contributed by atoms with Gasteiger partial charge in [0.25, 0.3) is 0 Å². The van der Waals surface area contributed by atoms with Crippen molar-refractivity contribution in [3.63, 3.8) is 0 Å². The maximum absolute atomic E-state index is 11.6. The molecule has 29 heavy (non-hydrogen) atoms. The standard InChI is InChI=1S/C25H29NO3/c1-15-7-9-17(10-8-15)16(2)11-22-19-13-23(27)20(24(28)29)12-18(19)21(14-26(22)6)25(3,4)5/h7-13,21,27H,2,14H2,1,3-6H3,(H,28,29)/b22-11-/t21-/m1/s1. The van der Waals surface area contributed by atoms with Crippen LogP contribution in [-0.2, 0) is 0 Å². The number of rotatable bonds is 3. The maximum Gasteiger partial charge on any atom is 0.339 e. The molecule has 0 aromatic heterocycles. The molecule has 4 nitrogen and oxygen atoms in total. The smallest absolute Gasteiger partial charge is 0.339 e. The molecule has 1 aliphatic rings. The fourth-order valence-electron chi connectivity index (χ4n) is 3.91. The lowest BCUT2D eigenvalue weighted by Gasteiger charge is -2.42. The first-order valence-corrected chi connectivity index (χ1v) is 9.78. The predicted octanol–water partition coefficient (Wildman–Crippen LogP) is 5.53. The number of fused-ring (bicyclic) bond motifs is 1. The quantitative estimate of drug-likeness (QED) is 0.722. The van der Waals surface area contributed by atoms with Crippen LogP contribution in [0.1, 0.15) is 59.3 Å². The molecule has 152 valence electrons. The molecule has 2 aromatic carbocycles. The average Bonchev–Trinajstić information content (AvgIpc) is 2.62. The van der Waals surface area contributed by atoms with Crippen LogP contribution < -0.4 is 0 Å². The number of carboxylic acid groups (broad SMARTS) is 1. The molecule has 0 unspecified atom stereocenters. The van der Waals surface area contributed by atoms with Crippen LogP contribution in [0.5, 0.6) is 5.75 Å². The fourth-order valence-corrected chi connectivity index (χ4v) is 3.91. The van der Waals surface area contributed by atoms with Crippen LogP contribution in [0.15, 0.2) is 49.1 Å². The Morgan fingerprint density at radius 1 is 1.21 bits per heavy atom. The minimum Gasteiger partial charge on any atom is -0.507 e. The topological polar surface area (TPSA) is 60.8 Å². The first-order valence-electron chi connectivity index (χ1n) is 9.78. The zero-order chi connectivity index (χ0) is 21.5. The minimum atomic E-state index is -1.12. The summed E-state index contributed by atoms with van der Waals surface area (Å²) in [5.74, 6) is -1.21. The van der Waals surface area contributed by atoms with Gasteiger partial charge in [-0.15, -0.1) is 0 Å². The monoisotopic (exact) mass is 391 g/mol. The Kier molecular flexibility index (Phi) is 5.31. The van der Waals surface area contributed by atoms with Gasteiger partial charge in [-0.3, -0.25) is 0 Å². The van der Waals surface area contributed by atoms with Crippen molar-refractivity contribution >= 4 is 17.2 Å². The highest BCUT2D eigenvalue weighted by atomic mass is 16.4. The van der Waals surface area contributed by atoms with Gasteiger partial charge in [-0.25, -0.2) is 4.79 Å². The lowest BCUT2D eigenvalue weighted by molar-refractivity contribution is 0.0693. The summed E-state index contributed by atoms with van der Waals surface area (Å²) >= 11 is 0. The first-order chi connectivity index (χ1) is 13.5. The van der Waals surface area contributed by atoms with E-state index in [1.807, 2.05) is 32.2 Å². The zero-order valence-corrected chi connectivity index (χ0v) is 17.8. The van der Waals surface area contributed by atoms with Crippen molar-refractivity contribution in [3.8, 4) is 5.75 Å². The van der Waals surface area contributed by atoms with Crippen LogP contribution in [0.2, 0.25) is 0 Å². The summed E-state index contributed by atoms with van der Waals surface area (Å²) in [5, 5.41) is 19.9. The Morgan fingerprint density at radius 3 is 2.38 bits per heavy atom. The van der Waals surface area contributed by atoms with Gasteiger partial charge in [-0.05, 0) is 47.2 Å². The molecular weight excluding hydrogens is 362 g/mol. The highest BCUT2D eigenvalue weighted by Crippen LogP contribution is 2.46. The van der Waals surface area contributed by atoms with Crippen LogP contribution >= 0.6 is 0 Å². The number of aromatic hydroxyl groups is 1. The molecule has 0 fully saturated rings. The second-order valence-electron chi connectivity index (χ2n) is 8.98. The van der Waals surface area contributed by atoms with Crippen molar-refractivity contribution in [1.29, 1.82) is 0 Å². The van der Waals surface area contributed by atoms with E-state index in [0.717, 1.165) is 34.5 Å². The molecule has 0 saturated carbocycles. The van der Waals surface area contributed by atoms with E-state index in [0.29, 0.717) is 0 Å². The molecule has 0 bridgehead atoms. The third-order valence-corrected chi connectivity index (χ3v) is 5.70. The normalized spacial score (nSPS) is 17.9. The number of allylic oxidation sites excluding steroid dienone is 2. The molecule has 0 saturated heterocycles. The molecule has 0 spiro atoms. The van der Waals surface area contributed by atoms with Gasteiger partial charge < -0.3 is 15.1 Å². The lowest BCUT2D eigenvalue weighted by atomic mass is 9.72. The number of aryl methyl sites for hydroxylation is 1. The van der Waals surface area contributed by atoms with Gasteiger partial charge in [0.1, 0.15) is 11.3 Å². The number of carboxylic acids is 1. The van der Waals surface area contributed by atoms with Crippen molar-refractivity contribution in [2.75, 3.05) is 13.6 Å². The highest BCUT2D eigenvalue weighted by Gasteiger charge is 2.36. The van der Waals surface area contributed by atoms with Crippen LogP contribution in [0.25, 0.3) is 11.3 Å². The van der Waals surface area contributed by atoms with E-state index >= 15 is 0 Å².